The number of nitrogens with zero attached hydrogens (tertiary/aromatic N) is 1. The molecule has 1 aliphatic rings. The molecule has 1 heterocycles. The summed E-state index contributed by atoms with van der Waals surface area (Å²) in [7, 11) is 0. The van der Waals surface area contributed by atoms with Crippen molar-refractivity contribution in [3.63, 3.8) is 0 Å². The molecule has 2 rings (SSSR count). The molecular weight excluding hydrogens is 215 g/mol. The zero-order valence-electron chi connectivity index (χ0n) is 10.7. The molecule has 0 bridgehead atoms. The lowest BCUT2D eigenvalue weighted by molar-refractivity contribution is 0.387. The SMILES string of the molecule is CC1(C)CCNCCCN1c1cccc(F)c1. The molecule has 1 fully saturated rings. The van der Waals surface area contributed by atoms with Crippen LogP contribution in [0, 0.1) is 5.82 Å². The molecule has 0 atom stereocenters. The highest BCUT2D eigenvalue weighted by Gasteiger charge is 2.27. The Balaban J connectivity index is 2.26. The van der Waals surface area contributed by atoms with Crippen molar-refractivity contribution in [3.05, 3.63) is 30.1 Å². The van der Waals surface area contributed by atoms with Gasteiger partial charge in [0.05, 0.1) is 0 Å². The fourth-order valence-corrected chi connectivity index (χ4v) is 2.44. The maximum absolute atomic E-state index is 13.3. The Morgan fingerprint density at radius 1 is 1.29 bits per heavy atom. The predicted octanol–water partition coefficient (Wildman–Crippen LogP) is 2.79. The number of nitrogens with one attached hydrogen (secondary N) is 1. The van der Waals surface area contributed by atoms with E-state index in [1.165, 1.54) is 6.07 Å². The summed E-state index contributed by atoms with van der Waals surface area (Å²) in [5.74, 6) is -0.154. The maximum atomic E-state index is 13.3. The van der Waals surface area contributed by atoms with Crippen molar-refractivity contribution in [1.29, 1.82) is 0 Å². The van der Waals surface area contributed by atoms with Crippen LogP contribution in [0.4, 0.5) is 10.1 Å². The lowest BCUT2D eigenvalue weighted by atomic mass is 9.95. The Bertz CT molecular complexity index is 376. The maximum Gasteiger partial charge on any atom is 0.125 e. The van der Waals surface area contributed by atoms with Crippen LogP contribution in [0.25, 0.3) is 0 Å². The summed E-state index contributed by atoms with van der Waals surface area (Å²) in [5.41, 5.74) is 1.07. The minimum atomic E-state index is -0.154. The standard InChI is InChI=1S/C14H21FN2/c1-14(2)7-9-16-8-4-10-17(14)13-6-3-5-12(15)11-13/h3,5-6,11,16H,4,7-10H2,1-2H3. The Kier molecular flexibility index (Phi) is 3.67. The van der Waals surface area contributed by atoms with Crippen molar-refractivity contribution < 1.29 is 4.39 Å². The van der Waals surface area contributed by atoms with E-state index in [0.29, 0.717) is 0 Å². The van der Waals surface area contributed by atoms with E-state index in [1.54, 1.807) is 12.1 Å². The average Bonchev–Trinajstić information content (AvgIpc) is 2.25. The summed E-state index contributed by atoms with van der Waals surface area (Å²) < 4.78 is 13.3. The molecule has 0 aromatic heterocycles. The molecule has 17 heavy (non-hydrogen) atoms. The van der Waals surface area contributed by atoms with Crippen molar-refractivity contribution in [2.24, 2.45) is 0 Å². The van der Waals surface area contributed by atoms with E-state index in [4.69, 9.17) is 0 Å². The van der Waals surface area contributed by atoms with E-state index < -0.39 is 0 Å². The number of hydrogen-bond acceptors (Lipinski definition) is 2. The van der Waals surface area contributed by atoms with E-state index in [1.807, 2.05) is 6.07 Å². The number of hydrogen-bond donors (Lipinski definition) is 1. The highest BCUT2D eigenvalue weighted by atomic mass is 19.1. The van der Waals surface area contributed by atoms with Crippen LogP contribution in [0.2, 0.25) is 0 Å². The van der Waals surface area contributed by atoms with Gasteiger partial charge in [-0.1, -0.05) is 6.07 Å². The minimum Gasteiger partial charge on any atom is -0.366 e. The van der Waals surface area contributed by atoms with Gasteiger partial charge < -0.3 is 10.2 Å². The third-order valence-corrected chi connectivity index (χ3v) is 3.50. The van der Waals surface area contributed by atoms with Gasteiger partial charge in [-0.25, -0.2) is 4.39 Å². The summed E-state index contributed by atoms with van der Waals surface area (Å²) in [4.78, 5) is 2.33. The van der Waals surface area contributed by atoms with Crippen molar-refractivity contribution in [2.45, 2.75) is 32.2 Å². The molecule has 0 aliphatic carbocycles. The quantitative estimate of drug-likeness (QED) is 0.806. The van der Waals surface area contributed by atoms with E-state index in [-0.39, 0.29) is 11.4 Å². The predicted molar refractivity (Wildman–Crippen MR) is 69.9 cm³/mol. The van der Waals surface area contributed by atoms with E-state index in [9.17, 15) is 4.39 Å². The van der Waals surface area contributed by atoms with Gasteiger partial charge in [0.15, 0.2) is 0 Å². The zero-order chi connectivity index (χ0) is 12.3. The van der Waals surface area contributed by atoms with Crippen LogP contribution in [0.3, 0.4) is 0 Å². The minimum absolute atomic E-state index is 0.0706. The van der Waals surface area contributed by atoms with Gasteiger partial charge in [-0.05, 0) is 58.0 Å². The first-order valence-electron chi connectivity index (χ1n) is 6.33. The molecule has 0 radical (unpaired) electrons. The monoisotopic (exact) mass is 236 g/mol. The lowest BCUT2D eigenvalue weighted by Gasteiger charge is -2.42. The van der Waals surface area contributed by atoms with Crippen LogP contribution in [0.5, 0.6) is 0 Å². The second-order valence-corrected chi connectivity index (χ2v) is 5.30. The van der Waals surface area contributed by atoms with Gasteiger partial charge in [-0.2, -0.15) is 0 Å². The first kappa shape index (κ1) is 12.4. The lowest BCUT2D eigenvalue weighted by Crippen LogP contribution is -2.49. The molecule has 3 heteroatoms. The summed E-state index contributed by atoms with van der Waals surface area (Å²) in [6.07, 6.45) is 2.17. The summed E-state index contributed by atoms with van der Waals surface area (Å²) >= 11 is 0. The molecule has 1 N–H and O–H groups in total. The topological polar surface area (TPSA) is 15.3 Å². The molecule has 0 spiro atoms. The van der Waals surface area contributed by atoms with Crippen LogP contribution in [-0.4, -0.2) is 25.2 Å². The van der Waals surface area contributed by atoms with Gasteiger partial charge in [0.2, 0.25) is 0 Å². The number of rotatable bonds is 1. The molecule has 1 saturated heterocycles. The van der Waals surface area contributed by atoms with Crippen molar-refractivity contribution >= 4 is 5.69 Å². The highest BCUT2D eigenvalue weighted by molar-refractivity contribution is 5.49. The molecule has 0 unspecified atom stereocenters. The second kappa shape index (κ2) is 5.05. The molecule has 1 aliphatic heterocycles. The smallest absolute Gasteiger partial charge is 0.125 e. The summed E-state index contributed by atoms with van der Waals surface area (Å²) in [5, 5.41) is 3.43. The van der Waals surface area contributed by atoms with Crippen molar-refractivity contribution in [1.82, 2.24) is 5.32 Å². The van der Waals surface area contributed by atoms with E-state index in [2.05, 4.69) is 24.1 Å². The first-order valence-corrected chi connectivity index (χ1v) is 6.33. The van der Waals surface area contributed by atoms with Crippen LogP contribution in [0.15, 0.2) is 24.3 Å². The molecule has 0 amide bonds. The van der Waals surface area contributed by atoms with Gasteiger partial charge in [0, 0.05) is 17.8 Å². The zero-order valence-corrected chi connectivity index (χ0v) is 10.7. The number of halogens is 1. The molecule has 2 nitrogen and oxygen atoms in total. The van der Waals surface area contributed by atoms with Crippen LogP contribution in [0.1, 0.15) is 26.7 Å². The fourth-order valence-electron chi connectivity index (χ4n) is 2.44. The normalized spacial score (nSPS) is 20.8. The fraction of sp³-hybridized carbons (Fsp3) is 0.571. The Hall–Kier alpha value is -1.09. The van der Waals surface area contributed by atoms with Crippen LogP contribution in [-0.2, 0) is 0 Å². The third-order valence-electron chi connectivity index (χ3n) is 3.50. The van der Waals surface area contributed by atoms with Crippen LogP contribution >= 0.6 is 0 Å². The molecule has 1 aromatic rings. The van der Waals surface area contributed by atoms with E-state index in [0.717, 1.165) is 38.2 Å². The molecule has 0 saturated carbocycles. The third kappa shape index (κ3) is 2.97. The highest BCUT2D eigenvalue weighted by Crippen LogP contribution is 2.27. The van der Waals surface area contributed by atoms with Crippen molar-refractivity contribution in [2.75, 3.05) is 24.5 Å². The Morgan fingerprint density at radius 2 is 2.12 bits per heavy atom. The Morgan fingerprint density at radius 3 is 2.88 bits per heavy atom. The number of benzene rings is 1. The summed E-state index contributed by atoms with van der Waals surface area (Å²) in [6.45, 7) is 7.50. The molecule has 94 valence electrons. The second-order valence-electron chi connectivity index (χ2n) is 5.30. The first-order chi connectivity index (χ1) is 8.09. The average molecular weight is 236 g/mol. The van der Waals surface area contributed by atoms with Crippen LogP contribution < -0.4 is 10.2 Å². The number of anilines is 1. The van der Waals surface area contributed by atoms with E-state index >= 15 is 0 Å². The molecule has 1 aromatic carbocycles. The Labute approximate surface area is 103 Å². The van der Waals surface area contributed by atoms with Gasteiger partial charge in [0.1, 0.15) is 5.82 Å². The summed E-state index contributed by atoms with van der Waals surface area (Å²) in [6, 6.07) is 6.93. The van der Waals surface area contributed by atoms with Gasteiger partial charge in [-0.15, -0.1) is 0 Å². The van der Waals surface area contributed by atoms with Gasteiger partial charge >= 0.3 is 0 Å². The molecular formula is C14H21FN2. The van der Waals surface area contributed by atoms with Gasteiger partial charge in [0.25, 0.3) is 0 Å². The van der Waals surface area contributed by atoms with Gasteiger partial charge in [-0.3, -0.25) is 0 Å². The largest absolute Gasteiger partial charge is 0.366 e. The van der Waals surface area contributed by atoms with Crippen molar-refractivity contribution in [3.8, 4) is 0 Å².